The molecule has 0 saturated carbocycles. The van der Waals surface area contributed by atoms with E-state index in [0.29, 0.717) is 11.3 Å². The second-order valence-electron chi connectivity index (χ2n) is 2.95. The van der Waals surface area contributed by atoms with Crippen LogP contribution in [0.3, 0.4) is 0 Å². The van der Waals surface area contributed by atoms with Crippen LogP contribution in [0.15, 0.2) is 27.6 Å². The van der Waals surface area contributed by atoms with Gasteiger partial charge in [0.15, 0.2) is 6.29 Å². The van der Waals surface area contributed by atoms with Gasteiger partial charge in [-0.25, -0.2) is 0 Å². The number of carbonyl (C=O) groups is 1. The molecule has 1 aromatic rings. The van der Waals surface area contributed by atoms with Gasteiger partial charge in [-0.1, -0.05) is 15.9 Å². The van der Waals surface area contributed by atoms with E-state index >= 15 is 0 Å². The van der Waals surface area contributed by atoms with Gasteiger partial charge in [-0.15, -0.1) is 11.8 Å². The third-order valence-electron chi connectivity index (χ3n) is 1.74. The monoisotopic (exact) mass is 290 g/mol. The molecule has 0 radical (unpaired) electrons. The first-order valence-corrected chi connectivity index (χ1v) is 6.11. The first kappa shape index (κ1) is 12.7. The molecule has 1 aromatic carbocycles. The van der Waals surface area contributed by atoms with Crippen molar-refractivity contribution in [1.82, 2.24) is 0 Å². The van der Waals surface area contributed by atoms with Gasteiger partial charge in [-0.3, -0.25) is 4.79 Å². The largest absolute Gasteiger partial charge is 0.394 e. The van der Waals surface area contributed by atoms with E-state index in [2.05, 4.69) is 15.9 Å². The number of carbonyl (C=O) groups excluding carboxylic acids is 1. The molecule has 0 bridgehead atoms. The zero-order valence-corrected chi connectivity index (χ0v) is 10.3. The minimum absolute atomic E-state index is 0.266. The molecule has 5 heteroatoms. The molecule has 0 amide bonds. The molecule has 0 aliphatic carbocycles. The normalized spacial score (nSPS) is 12.5. The van der Waals surface area contributed by atoms with Crippen LogP contribution in [0.1, 0.15) is 10.4 Å². The Labute approximate surface area is 101 Å². The predicted octanol–water partition coefficient (Wildman–Crippen LogP) is 1.71. The van der Waals surface area contributed by atoms with Crippen molar-refractivity contribution in [1.29, 1.82) is 0 Å². The summed E-state index contributed by atoms with van der Waals surface area (Å²) in [5.41, 5.74) is 0.591. The van der Waals surface area contributed by atoms with Crippen LogP contribution in [0.2, 0.25) is 0 Å². The number of hydrogen-bond acceptors (Lipinski definition) is 4. The Balaban J connectivity index is 2.74. The third-order valence-corrected chi connectivity index (χ3v) is 3.45. The molecule has 0 heterocycles. The highest BCUT2D eigenvalue weighted by Crippen LogP contribution is 2.26. The maximum atomic E-state index is 10.7. The fourth-order valence-electron chi connectivity index (χ4n) is 0.969. The van der Waals surface area contributed by atoms with E-state index in [1.807, 2.05) is 6.07 Å². The van der Waals surface area contributed by atoms with Crippen LogP contribution in [-0.2, 0) is 0 Å². The van der Waals surface area contributed by atoms with Crippen LogP contribution in [0.25, 0.3) is 0 Å². The van der Waals surface area contributed by atoms with E-state index < -0.39 is 6.10 Å². The molecule has 1 unspecified atom stereocenters. The number of aliphatic hydroxyl groups is 2. The average Bonchev–Trinajstić information content (AvgIpc) is 2.26. The van der Waals surface area contributed by atoms with Crippen molar-refractivity contribution in [2.75, 3.05) is 12.4 Å². The Hall–Kier alpha value is -0.360. The molecular formula is C10H11BrO3S. The number of hydrogen-bond donors (Lipinski definition) is 2. The van der Waals surface area contributed by atoms with Gasteiger partial charge in [0.2, 0.25) is 0 Å². The molecular weight excluding hydrogens is 280 g/mol. The molecule has 82 valence electrons. The Morgan fingerprint density at radius 1 is 1.53 bits per heavy atom. The SMILES string of the molecule is O=Cc1ccc(Br)cc1SCC(O)CO. The Morgan fingerprint density at radius 3 is 2.87 bits per heavy atom. The summed E-state index contributed by atoms with van der Waals surface area (Å²) in [5.74, 6) is 0.369. The molecule has 0 spiro atoms. The fraction of sp³-hybridized carbons (Fsp3) is 0.300. The lowest BCUT2D eigenvalue weighted by molar-refractivity contribution is 0.111. The van der Waals surface area contributed by atoms with Gasteiger partial charge in [-0.2, -0.15) is 0 Å². The van der Waals surface area contributed by atoms with Crippen molar-refractivity contribution in [2.24, 2.45) is 0 Å². The summed E-state index contributed by atoms with van der Waals surface area (Å²) >= 11 is 4.66. The van der Waals surface area contributed by atoms with Gasteiger partial charge >= 0.3 is 0 Å². The first-order chi connectivity index (χ1) is 7.17. The van der Waals surface area contributed by atoms with Gasteiger partial charge in [-0.05, 0) is 18.2 Å². The summed E-state index contributed by atoms with van der Waals surface area (Å²) < 4.78 is 0.883. The topological polar surface area (TPSA) is 57.5 Å². The lowest BCUT2D eigenvalue weighted by atomic mass is 10.2. The van der Waals surface area contributed by atoms with Crippen LogP contribution in [0.5, 0.6) is 0 Å². The summed E-state index contributed by atoms with van der Waals surface area (Å²) in [4.78, 5) is 11.5. The number of benzene rings is 1. The first-order valence-electron chi connectivity index (χ1n) is 4.34. The number of aldehydes is 1. The van der Waals surface area contributed by atoms with Gasteiger partial charge in [0.05, 0.1) is 12.7 Å². The quantitative estimate of drug-likeness (QED) is 0.640. The molecule has 0 aromatic heterocycles. The van der Waals surface area contributed by atoms with Crippen molar-refractivity contribution >= 4 is 34.0 Å². The zero-order chi connectivity index (χ0) is 11.3. The highest BCUT2D eigenvalue weighted by molar-refractivity contribution is 9.10. The predicted molar refractivity (Wildman–Crippen MR) is 63.3 cm³/mol. The molecule has 3 nitrogen and oxygen atoms in total. The number of rotatable bonds is 5. The average molecular weight is 291 g/mol. The summed E-state index contributed by atoms with van der Waals surface area (Å²) in [6, 6.07) is 5.32. The highest BCUT2D eigenvalue weighted by atomic mass is 79.9. The molecule has 2 N–H and O–H groups in total. The Morgan fingerprint density at radius 2 is 2.27 bits per heavy atom. The summed E-state index contributed by atoms with van der Waals surface area (Å²) in [5, 5.41) is 17.8. The van der Waals surface area contributed by atoms with Crippen LogP contribution in [-0.4, -0.2) is 35.0 Å². The second kappa shape index (κ2) is 6.27. The highest BCUT2D eigenvalue weighted by Gasteiger charge is 2.07. The molecule has 0 fully saturated rings. The van der Waals surface area contributed by atoms with E-state index in [9.17, 15) is 9.90 Å². The van der Waals surface area contributed by atoms with Gasteiger partial charge in [0.25, 0.3) is 0 Å². The molecule has 15 heavy (non-hydrogen) atoms. The van der Waals surface area contributed by atoms with E-state index in [1.165, 1.54) is 11.8 Å². The minimum Gasteiger partial charge on any atom is -0.394 e. The maximum Gasteiger partial charge on any atom is 0.151 e. The van der Waals surface area contributed by atoms with Crippen molar-refractivity contribution < 1.29 is 15.0 Å². The van der Waals surface area contributed by atoms with Gasteiger partial charge < -0.3 is 10.2 Å². The Kier molecular flexibility index (Phi) is 5.31. The maximum absolute atomic E-state index is 10.7. The lowest BCUT2D eigenvalue weighted by Crippen LogP contribution is -2.14. The van der Waals surface area contributed by atoms with Gasteiger partial charge in [0, 0.05) is 20.7 Å². The standard InChI is InChI=1S/C10H11BrO3S/c11-8-2-1-7(4-12)10(3-8)15-6-9(14)5-13/h1-4,9,13-14H,5-6H2. The molecule has 1 atom stereocenters. The molecule has 1 rings (SSSR count). The molecule has 0 aliphatic heterocycles. The van der Waals surface area contributed by atoms with E-state index in [-0.39, 0.29) is 6.61 Å². The summed E-state index contributed by atoms with van der Waals surface area (Å²) in [6.07, 6.45) is 0.0218. The zero-order valence-electron chi connectivity index (χ0n) is 7.89. The fourth-order valence-corrected chi connectivity index (χ4v) is 2.45. The van der Waals surface area contributed by atoms with Crippen LogP contribution in [0.4, 0.5) is 0 Å². The number of halogens is 1. The smallest absolute Gasteiger partial charge is 0.151 e. The van der Waals surface area contributed by atoms with Crippen LogP contribution >= 0.6 is 27.7 Å². The van der Waals surface area contributed by atoms with Crippen LogP contribution < -0.4 is 0 Å². The van der Waals surface area contributed by atoms with Crippen LogP contribution in [0, 0.1) is 0 Å². The lowest BCUT2D eigenvalue weighted by Gasteiger charge is -2.08. The van der Waals surface area contributed by atoms with Crippen molar-refractivity contribution in [3.8, 4) is 0 Å². The third kappa shape index (κ3) is 3.95. The molecule has 0 saturated heterocycles. The summed E-state index contributed by atoms with van der Waals surface area (Å²) in [6.45, 7) is -0.266. The van der Waals surface area contributed by atoms with Crippen molar-refractivity contribution in [3.05, 3.63) is 28.2 Å². The van der Waals surface area contributed by atoms with Gasteiger partial charge in [0.1, 0.15) is 0 Å². The van der Waals surface area contributed by atoms with Crippen molar-refractivity contribution in [3.63, 3.8) is 0 Å². The Bertz CT molecular complexity index is 343. The molecule has 0 aliphatic rings. The van der Waals surface area contributed by atoms with E-state index in [4.69, 9.17) is 5.11 Å². The van der Waals surface area contributed by atoms with Crippen molar-refractivity contribution in [2.45, 2.75) is 11.0 Å². The number of thioether (sulfide) groups is 1. The number of aliphatic hydroxyl groups excluding tert-OH is 2. The summed E-state index contributed by atoms with van der Waals surface area (Å²) in [7, 11) is 0. The van der Waals surface area contributed by atoms with E-state index in [0.717, 1.165) is 15.7 Å². The minimum atomic E-state index is -0.756. The second-order valence-corrected chi connectivity index (χ2v) is 4.92. The van der Waals surface area contributed by atoms with E-state index in [1.54, 1.807) is 12.1 Å².